The lowest BCUT2D eigenvalue weighted by atomic mass is 9.42. The van der Waals surface area contributed by atoms with Crippen molar-refractivity contribution in [3.63, 3.8) is 0 Å². The Morgan fingerprint density at radius 2 is 1.90 bits per heavy atom. The first-order chi connectivity index (χ1) is 19.5. The van der Waals surface area contributed by atoms with Crippen molar-refractivity contribution in [3.05, 3.63) is 76.6 Å². The number of rotatable bonds is 8. The third-order valence-corrected chi connectivity index (χ3v) is 7.07. The number of nitrogens with zero attached hydrogens (tertiary/aromatic N) is 3. The van der Waals surface area contributed by atoms with Gasteiger partial charge in [0.1, 0.15) is 11.6 Å². The van der Waals surface area contributed by atoms with Gasteiger partial charge in [-0.25, -0.2) is 14.0 Å². The van der Waals surface area contributed by atoms with Crippen LogP contribution in [0.3, 0.4) is 0 Å². The van der Waals surface area contributed by atoms with Crippen molar-refractivity contribution in [2.75, 3.05) is 16.8 Å². The maximum absolute atomic E-state index is 13.9. The van der Waals surface area contributed by atoms with E-state index >= 15 is 0 Å². The predicted molar refractivity (Wildman–Crippen MR) is 168 cm³/mol. The van der Waals surface area contributed by atoms with E-state index in [2.05, 4.69) is 25.1 Å². The summed E-state index contributed by atoms with van der Waals surface area (Å²) in [6, 6.07) is 8.27. The predicted octanol–water partition coefficient (Wildman–Crippen LogP) is 7.88. The second-order valence-electron chi connectivity index (χ2n) is 10.3. The highest BCUT2D eigenvalue weighted by molar-refractivity contribution is 6.68. The number of hydrogen-bond donors (Lipinski definition) is 2. The summed E-state index contributed by atoms with van der Waals surface area (Å²) in [6.07, 6.45) is 6.39. The highest BCUT2D eigenvalue weighted by atomic mass is 19.1. The summed E-state index contributed by atoms with van der Waals surface area (Å²) in [7, 11) is 0. The molecule has 0 saturated carbocycles. The van der Waals surface area contributed by atoms with Gasteiger partial charge in [-0.1, -0.05) is 26.2 Å². The summed E-state index contributed by atoms with van der Waals surface area (Å²) < 4.78 is 27.7. The number of hydrogen-bond acceptors (Lipinski definition) is 5. The Kier molecular flexibility index (Phi) is 12.8. The van der Waals surface area contributed by atoms with Gasteiger partial charge in [0, 0.05) is 42.7 Å². The number of amides is 1. The summed E-state index contributed by atoms with van der Waals surface area (Å²) in [6.45, 7) is 13.6. The van der Waals surface area contributed by atoms with Crippen LogP contribution in [0, 0.1) is 42.6 Å². The molecular formula is C32H42BF2N5O. The normalized spacial score (nSPS) is 14.3. The molecule has 3 N–H and O–H groups in total. The monoisotopic (exact) mass is 561 g/mol. The fraction of sp³-hybridized carbons (Fsp3) is 0.406. The molecule has 6 nitrogen and oxygen atoms in total. The zero-order valence-electron chi connectivity index (χ0n) is 25.3. The van der Waals surface area contributed by atoms with Crippen LogP contribution >= 0.6 is 0 Å². The molecule has 2 aromatic carbocycles. The summed E-state index contributed by atoms with van der Waals surface area (Å²) in [4.78, 5) is 17.5. The number of aliphatic imine (C=N–C) groups is 1. The molecule has 0 radical (unpaired) electrons. The molecule has 1 amide bonds. The van der Waals surface area contributed by atoms with Crippen LogP contribution in [-0.2, 0) is 4.79 Å². The average Bonchev–Trinajstić information content (AvgIpc) is 2.94. The first-order valence-electron chi connectivity index (χ1n) is 14.2. The molecule has 41 heavy (non-hydrogen) atoms. The van der Waals surface area contributed by atoms with E-state index in [1.165, 1.54) is 17.9 Å². The Bertz CT molecular complexity index is 1340. The molecule has 2 aromatic rings. The lowest BCUT2D eigenvalue weighted by Gasteiger charge is -2.24. The van der Waals surface area contributed by atoms with Crippen molar-refractivity contribution < 1.29 is 13.6 Å². The van der Waals surface area contributed by atoms with Crippen molar-refractivity contribution in [3.8, 4) is 5.97 Å². The number of carbonyl (C=O) groups is 1. The van der Waals surface area contributed by atoms with Crippen LogP contribution in [0.1, 0.15) is 58.6 Å². The molecule has 1 atom stereocenters. The molecule has 1 aliphatic rings. The smallest absolute Gasteiger partial charge is 0.272 e. The fourth-order valence-corrected chi connectivity index (χ4v) is 4.65. The van der Waals surface area contributed by atoms with Crippen LogP contribution in [-0.4, -0.2) is 24.9 Å². The first kappa shape index (κ1) is 33.3. The second kappa shape index (κ2) is 15.8. The van der Waals surface area contributed by atoms with Gasteiger partial charge in [0.05, 0.1) is 11.4 Å². The first-order valence-corrected chi connectivity index (χ1v) is 14.2. The fourth-order valence-electron chi connectivity index (χ4n) is 4.65. The van der Waals surface area contributed by atoms with Gasteiger partial charge in [-0.2, -0.15) is 0 Å². The molecule has 218 valence electrons. The third-order valence-electron chi connectivity index (χ3n) is 7.07. The van der Waals surface area contributed by atoms with Crippen LogP contribution in [0.2, 0.25) is 12.6 Å². The molecule has 0 bridgehead atoms. The maximum atomic E-state index is 13.9. The number of anilines is 2. The van der Waals surface area contributed by atoms with E-state index in [1.807, 2.05) is 6.92 Å². The van der Waals surface area contributed by atoms with Gasteiger partial charge in [-0.05, 0) is 99.8 Å². The largest absolute Gasteiger partial charge is 0.402 e. The summed E-state index contributed by atoms with van der Waals surface area (Å²) >= 11 is 0. The number of allylic oxidation sites excluding steroid dienone is 3. The molecule has 1 unspecified atom stereocenters. The van der Waals surface area contributed by atoms with E-state index in [-0.39, 0.29) is 30.0 Å². The minimum Gasteiger partial charge on any atom is -0.402 e. The van der Waals surface area contributed by atoms with Gasteiger partial charge in [-0.3, -0.25) is 14.7 Å². The number of nitrogens with one attached hydrogen (secondary N) is 1. The molecular weight excluding hydrogens is 519 g/mol. The SMILES string of the molecule is C/C=C\N(C(C)=O)c1ccc(NCC)cc1F.CCC(C)C(=Nc1cc(C)c(F)c(C)c1)C1=C(N)CCB(C#N)C1. The molecule has 3 rings (SSSR count). The van der Waals surface area contributed by atoms with Crippen molar-refractivity contribution >= 4 is 35.4 Å². The zero-order valence-corrected chi connectivity index (χ0v) is 25.3. The molecule has 0 aromatic heterocycles. The Balaban J connectivity index is 0.000000305. The lowest BCUT2D eigenvalue weighted by Crippen LogP contribution is -2.27. The van der Waals surface area contributed by atoms with E-state index in [0.29, 0.717) is 23.1 Å². The molecule has 9 heteroatoms. The van der Waals surface area contributed by atoms with Gasteiger partial charge in [0.15, 0.2) is 0 Å². The highest BCUT2D eigenvalue weighted by Crippen LogP contribution is 2.30. The molecule has 0 fully saturated rings. The number of aryl methyl sites for hydroxylation is 2. The Morgan fingerprint density at radius 3 is 2.41 bits per heavy atom. The molecule has 0 aliphatic carbocycles. The number of carbonyl (C=O) groups excluding carboxylic acids is 1. The molecule has 0 spiro atoms. The lowest BCUT2D eigenvalue weighted by molar-refractivity contribution is -0.116. The topological polar surface area (TPSA) is 94.5 Å². The molecule has 1 aliphatic heterocycles. The Morgan fingerprint density at radius 1 is 1.24 bits per heavy atom. The number of benzene rings is 2. The minimum atomic E-state index is -0.420. The quantitative estimate of drug-likeness (QED) is 0.253. The van der Waals surface area contributed by atoms with Crippen LogP contribution in [0.25, 0.3) is 0 Å². The Labute approximate surface area is 244 Å². The highest BCUT2D eigenvalue weighted by Gasteiger charge is 2.28. The number of nitriles is 1. The van der Waals surface area contributed by atoms with Crippen molar-refractivity contribution in [2.24, 2.45) is 16.6 Å². The third kappa shape index (κ3) is 9.04. The van der Waals surface area contributed by atoms with Gasteiger partial charge in [0.25, 0.3) is 6.71 Å². The van der Waals surface area contributed by atoms with E-state index in [1.54, 1.807) is 57.3 Å². The van der Waals surface area contributed by atoms with Crippen LogP contribution in [0.15, 0.2) is 58.9 Å². The van der Waals surface area contributed by atoms with Crippen LogP contribution in [0.4, 0.5) is 25.8 Å². The summed E-state index contributed by atoms with van der Waals surface area (Å²) in [5.74, 6) is 1.78. The van der Waals surface area contributed by atoms with Crippen LogP contribution < -0.4 is 16.0 Å². The zero-order chi connectivity index (χ0) is 30.7. The van der Waals surface area contributed by atoms with Crippen molar-refractivity contribution in [1.82, 2.24) is 0 Å². The van der Waals surface area contributed by atoms with Gasteiger partial charge in [0.2, 0.25) is 5.91 Å². The average molecular weight is 562 g/mol. The van der Waals surface area contributed by atoms with Gasteiger partial charge < -0.3 is 11.1 Å². The molecule has 1 heterocycles. The second-order valence-corrected chi connectivity index (χ2v) is 10.3. The van der Waals surface area contributed by atoms with E-state index in [9.17, 15) is 18.8 Å². The molecule has 0 saturated heterocycles. The maximum Gasteiger partial charge on any atom is 0.272 e. The van der Waals surface area contributed by atoms with Crippen molar-refractivity contribution in [1.29, 1.82) is 5.26 Å². The number of nitrogens with two attached hydrogens (primary N) is 1. The number of halogens is 2. The van der Waals surface area contributed by atoms with Gasteiger partial charge >= 0.3 is 0 Å². The van der Waals surface area contributed by atoms with Crippen molar-refractivity contribution in [2.45, 2.75) is 73.9 Å². The van der Waals surface area contributed by atoms with Crippen LogP contribution in [0.5, 0.6) is 0 Å². The standard InChI is InChI=1S/C19H25BFN3.C13H17FN2O/c1-5-12(2)19(16-10-20(11-22)7-6-17(16)23)24-15-8-13(3)18(21)14(4)9-15;1-4-8-16(10(3)17)13-7-6-11(15-5-2)9-12(13)14/h8-9,12H,5-7,10,23H2,1-4H3;4,6-9,15H,5H2,1-3H3/b;8-4-. The van der Waals surface area contributed by atoms with E-state index in [0.717, 1.165) is 48.4 Å². The van der Waals surface area contributed by atoms with Gasteiger partial charge in [-0.15, -0.1) is 0 Å². The Hall–Kier alpha value is -3.93. The van der Waals surface area contributed by atoms with E-state index < -0.39 is 5.82 Å². The van der Waals surface area contributed by atoms with E-state index in [4.69, 9.17) is 10.7 Å². The summed E-state index contributed by atoms with van der Waals surface area (Å²) in [5.41, 5.74) is 12.0. The summed E-state index contributed by atoms with van der Waals surface area (Å²) in [5, 5.41) is 12.3. The minimum absolute atomic E-state index is 0.00162.